The van der Waals surface area contributed by atoms with Crippen LogP contribution in [0.4, 0.5) is 13.2 Å². The largest absolute Gasteiger partial charge is 0.434 e. The first-order chi connectivity index (χ1) is 12.2. The lowest BCUT2D eigenvalue weighted by molar-refractivity contribution is -0.140. The van der Waals surface area contributed by atoms with Gasteiger partial charge < -0.3 is 10.6 Å². The Labute approximate surface area is 155 Å². The van der Waals surface area contributed by atoms with Gasteiger partial charge in [0.05, 0.1) is 10.8 Å². The number of halogens is 3. The second-order valence-electron chi connectivity index (χ2n) is 5.21. The number of thiazole rings is 1. The van der Waals surface area contributed by atoms with Gasteiger partial charge in [0.2, 0.25) is 10.0 Å². The molecule has 1 heterocycles. The summed E-state index contributed by atoms with van der Waals surface area (Å²) in [6.45, 7) is 5.19. The van der Waals surface area contributed by atoms with Gasteiger partial charge in [-0.05, 0) is 20.3 Å². The predicted molar refractivity (Wildman–Crippen MR) is 96.9 cm³/mol. The third-order valence-corrected chi connectivity index (χ3v) is 5.44. The highest BCUT2D eigenvalue weighted by Crippen LogP contribution is 2.29. The van der Waals surface area contributed by atoms with Crippen LogP contribution in [0.1, 0.15) is 31.0 Å². The molecule has 0 saturated carbocycles. The van der Waals surface area contributed by atoms with Crippen molar-refractivity contribution in [1.29, 1.82) is 0 Å². The van der Waals surface area contributed by atoms with Gasteiger partial charge in [-0.1, -0.05) is 0 Å². The number of aliphatic imine (C=N–C) groups is 1. The number of rotatable bonds is 10. The third-order valence-electron chi connectivity index (χ3n) is 3.12. The molecule has 26 heavy (non-hydrogen) atoms. The van der Waals surface area contributed by atoms with Crippen molar-refractivity contribution in [2.24, 2.45) is 4.99 Å². The highest BCUT2D eigenvalue weighted by atomic mass is 32.2. The van der Waals surface area contributed by atoms with Crippen molar-refractivity contribution < 1.29 is 21.6 Å². The Bertz CT molecular complexity index is 674. The predicted octanol–water partition coefficient (Wildman–Crippen LogP) is 1.59. The van der Waals surface area contributed by atoms with Gasteiger partial charge >= 0.3 is 6.18 Å². The van der Waals surface area contributed by atoms with E-state index in [2.05, 4.69) is 25.3 Å². The lowest BCUT2D eigenvalue weighted by Crippen LogP contribution is -2.38. The van der Waals surface area contributed by atoms with Gasteiger partial charge in [-0.2, -0.15) is 13.2 Å². The second kappa shape index (κ2) is 10.7. The molecule has 0 spiro atoms. The summed E-state index contributed by atoms with van der Waals surface area (Å²) in [6, 6.07) is 0. The molecule has 0 aliphatic heterocycles. The van der Waals surface area contributed by atoms with Crippen LogP contribution in [0.2, 0.25) is 0 Å². The van der Waals surface area contributed by atoms with Crippen LogP contribution in [-0.4, -0.2) is 51.3 Å². The molecule has 0 radical (unpaired) electrons. The molecular formula is C14H24F3N5O2S2. The summed E-state index contributed by atoms with van der Waals surface area (Å²) in [6.07, 6.45) is -3.53. The molecule has 3 N–H and O–H groups in total. The summed E-state index contributed by atoms with van der Waals surface area (Å²) in [5, 5.41) is 7.44. The zero-order valence-electron chi connectivity index (χ0n) is 14.7. The number of aromatic nitrogens is 1. The number of hydrogen-bond donors (Lipinski definition) is 3. The number of nitrogens with zero attached hydrogens (tertiary/aromatic N) is 2. The van der Waals surface area contributed by atoms with Gasteiger partial charge in [0.1, 0.15) is 0 Å². The highest BCUT2D eigenvalue weighted by Gasteiger charge is 2.33. The van der Waals surface area contributed by atoms with Crippen molar-refractivity contribution in [3.05, 3.63) is 16.1 Å². The summed E-state index contributed by atoms with van der Waals surface area (Å²) in [5.74, 6) is 0.561. The van der Waals surface area contributed by atoms with Crippen molar-refractivity contribution in [1.82, 2.24) is 20.3 Å². The lowest BCUT2D eigenvalue weighted by Gasteiger charge is -2.10. The third kappa shape index (κ3) is 8.81. The van der Waals surface area contributed by atoms with Crippen molar-refractivity contribution >= 4 is 27.3 Å². The average Bonchev–Trinajstić information content (AvgIpc) is 3.03. The molecule has 1 aromatic heterocycles. The molecular weight excluding hydrogens is 391 g/mol. The zero-order chi connectivity index (χ0) is 19.6. The molecule has 1 rings (SSSR count). The standard InChI is InChI=1S/C14H24F3N5O2S2/c1-3-18-13(19-7-5-8-21-26(23,24)4-2)20-9-6-12-22-11(10-25-12)14(15,16)17/h10,21H,3-9H2,1-2H3,(H2,18,19,20). The Morgan fingerprint density at radius 1 is 1.27 bits per heavy atom. The Morgan fingerprint density at radius 3 is 2.58 bits per heavy atom. The van der Waals surface area contributed by atoms with Gasteiger partial charge in [-0.3, -0.25) is 4.99 Å². The molecule has 12 heteroatoms. The van der Waals surface area contributed by atoms with E-state index < -0.39 is 21.9 Å². The Morgan fingerprint density at radius 2 is 2.00 bits per heavy atom. The van der Waals surface area contributed by atoms with E-state index in [1.165, 1.54) is 0 Å². The average molecular weight is 416 g/mol. The van der Waals surface area contributed by atoms with E-state index in [0.717, 1.165) is 16.7 Å². The van der Waals surface area contributed by atoms with Crippen LogP contribution in [0.15, 0.2) is 10.4 Å². The summed E-state index contributed by atoms with van der Waals surface area (Å²) in [4.78, 5) is 7.87. The van der Waals surface area contributed by atoms with Gasteiger partial charge in [0.25, 0.3) is 0 Å². The van der Waals surface area contributed by atoms with Crippen LogP contribution >= 0.6 is 11.3 Å². The van der Waals surface area contributed by atoms with Crippen LogP contribution < -0.4 is 15.4 Å². The Hall–Kier alpha value is -1.40. The molecule has 0 aliphatic rings. The summed E-state index contributed by atoms with van der Waals surface area (Å²) in [5.41, 5.74) is -0.868. The fraction of sp³-hybridized carbons (Fsp3) is 0.714. The lowest BCUT2D eigenvalue weighted by atomic mass is 10.4. The minimum absolute atomic E-state index is 0.0350. The molecule has 0 aliphatic carbocycles. The smallest absolute Gasteiger partial charge is 0.357 e. The first-order valence-electron chi connectivity index (χ1n) is 8.19. The fourth-order valence-corrected chi connectivity index (χ4v) is 3.25. The first-order valence-corrected chi connectivity index (χ1v) is 10.7. The molecule has 7 nitrogen and oxygen atoms in total. The van der Waals surface area contributed by atoms with Gasteiger partial charge in [0.15, 0.2) is 11.7 Å². The molecule has 0 saturated heterocycles. The van der Waals surface area contributed by atoms with Crippen LogP contribution in [-0.2, 0) is 22.6 Å². The van der Waals surface area contributed by atoms with Crippen LogP contribution in [0, 0.1) is 0 Å². The number of hydrogen-bond acceptors (Lipinski definition) is 5. The molecule has 1 aromatic rings. The number of alkyl halides is 3. The van der Waals surface area contributed by atoms with E-state index in [0.29, 0.717) is 50.0 Å². The molecule has 0 atom stereocenters. The maximum atomic E-state index is 12.5. The van der Waals surface area contributed by atoms with E-state index in [1.54, 1.807) is 6.92 Å². The van der Waals surface area contributed by atoms with Gasteiger partial charge in [0, 0.05) is 38.0 Å². The highest BCUT2D eigenvalue weighted by molar-refractivity contribution is 7.89. The quantitative estimate of drug-likeness (QED) is 0.306. The number of nitrogens with one attached hydrogen (secondary N) is 3. The maximum Gasteiger partial charge on any atom is 0.434 e. The minimum atomic E-state index is -4.42. The van der Waals surface area contributed by atoms with Crippen molar-refractivity contribution in [2.75, 3.05) is 31.9 Å². The number of sulfonamides is 1. The maximum absolute atomic E-state index is 12.5. The minimum Gasteiger partial charge on any atom is -0.357 e. The van der Waals surface area contributed by atoms with E-state index in [9.17, 15) is 21.6 Å². The topological polar surface area (TPSA) is 95.5 Å². The summed E-state index contributed by atoms with van der Waals surface area (Å²) in [7, 11) is -3.20. The zero-order valence-corrected chi connectivity index (χ0v) is 16.3. The summed E-state index contributed by atoms with van der Waals surface area (Å²) >= 11 is 0.974. The monoisotopic (exact) mass is 415 g/mol. The molecule has 0 aromatic carbocycles. The van der Waals surface area contributed by atoms with E-state index in [-0.39, 0.29) is 5.75 Å². The van der Waals surface area contributed by atoms with E-state index in [1.807, 2.05) is 6.92 Å². The molecule has 0 fully saturated rings. The van der Waals surface area contributed by atoms with Gasteiger partial charge in [-0.15, -0.1) is 11.3 Å². The molecule has 0 unspecified atom stereocenters. The summed E-state index contributed by atoms with van der Waals surface area (Å²) < 4.78 is 62.6. The van der Waals surface area contributed by atoms with Gasteiger partial charge in [-0.25, -0.2) is 18.1 Å². The van der Waals surface area contributed by atoms with Crippen molar-refractivity contribution in [3.63, 3.8) is 0 Å². The number of guanidine groups is 1. The van der Waals surface area contributed by atoms with Crippen LogP contribution in [0.25, 0.3) is 0 Å². The molecule has 150 valence electrons. The molecule has 0 bridgehead atoms. The SMILES string of the molecule is CCNC(=NCCCNS(=O)(=O)CC)NCCc1nc(C(F)(F)F)cs1. The Kier molecular flexibility index (Phi) is 9.30. The fourth-order valence-electron chi connectivity index (χ4n) is 1.79. The second-order valence-corrected chi connectivity index (χ2v) is 8.25. The normalized spacial score (nSPS) is 13.0. The van der Waals surface area contributed by atoms with Crippen LogP contribution in [0.3, 0.4) is 0 Å². The van der Waals surface area contributed by atoms with Crippen molar-refractivity contribution in [3.8, 4) is 0 Å². The van der Waals surface area contributed by atoms with Crippen LogP contribution in [0.5, 0.6) is 0 Å². The first kappa shape index (κ1) is 22.6. The van der Waals surface area contributed by atoms with Crippen molar-refractivity contribution in [2.45, 2.75) is 32.9 Å². The molecule has 0 amide bonds. The Balaban J connectivity index is 2.39. The van der Waals surface area contributed by atoms with E-state index >= 15 is 0 Å². The van der Waals surface area contributed by atoms with E-state index in [4.69, 9.17) is 0 Å².